The van der Waals surface area contributed by atoms with E-state index in [0.717, 1.165) is 25.2 Å². The lowest BCUT2D eigenvalue weighted by atomic mass is 9.94. The van der Waals surface area contributed by atoms with E-state index in [1.54, 1.807) is 12.1 Å². The van der Waals surface area contributed by atoms with Crippen LogP contribution < -0.4 is 5.32 Å². The molecular weight excluding hydrogens is 272 g/mol. The molecule has 3 nitrogen and oxygen atoms in total. The summed E-state index contributed by atoms with van der Waals surface area (Å²) in [7, 11) is 0. The van der Waals surface area contributed by atoms with Gasteiger partial charge in [-0.25, -0.2) is 0 Å². The number of likely N-dealkylation sites (tertiary alicyclic amines) is 1. The van der Waals surface area contributed by atoms with Gasteiger partial charge < -0.3 is 10.4 Å². The molecule has 4 heteroatoms. The number of benzene rings is 1. The first kappa shape index (κ1) is 14.2. The third-order valence-electron chi connectivity index (χ3n) is 4.64. The minimum Gasteiger partial charge on any atom is -0.508 e. The average molecular weight is 295 g/mol. The number of phenols is 1. The number of piperidine rings is 1. The maximum absolute atomic E-state index is 10.0. The number of hydrogen-bond acceptors (Lipinski definition) is 3. The molecule has 2 N–H and O–H groups in total. The van der Waals surface area contributed by atoms with Gasteiger partial charge in [0.15, 0.2) is 0 Å². The van der Waals surface area contributed by atoms with E-state index in [1.165, 1.54) is 32.1 Å². The summed E-state index contributed by atoms with van der Waals surface area (Å²) in [5.74, 6) is 0.359. The topological polar surface area (TPSA) is 35.5 Å². The highest BCUT2D eigenvalue weighted by molar-refractivity contribution is 6.30. The van der Waals surface area contributed by atoms with Crippen molar-refractivity contribution in [3.05, 3.63) is 28.8 Å². The fraction of sp³-hybridized carbons (Fsp3) is 0.625. The van der Waals surface area contributed by atoms with Crippen LogP contribution in [0.3, 0.4) is 0 Å². The summed E-state index contributed by atoms with van der Waals surface area (Å²) in [6.45, 7) is 3.07. The van der Waals surface area contributed by atoms with E-state index < -0.39 is 0 Å². The molecule has 0 aliphatic carbocycles. The first-order valence-corrected chi connectivity index (χ1v) is 8.06. The van der Waals surface area contributed by atoms with Crippen molar-refractivity contribution in [1.29, 1.82) is 0 Å². The van der Waals surface area contributed by atoms with Gasteiger partial charge in [0.1, 0.15) is 5.75 Å². The lowest BCUT2D eigenvalue weighted by molar-refractivity contribution is 0.111. The molecule has 110 valence electrons. The zero-order chi connectivity index (χ0) is 13.9. The van der Waals surface area contributed by atoms with Crippen molar-refractivity contribution in [2.24, 2.45) is 0 Å². The Kier molecular flexibility index (Phi) is 4.49. The molecule has 0 amide bonds. The molecule has 2 heterocycles. The molecule has 3 rings (SSSR count). The van der Waals surface area contributed by atoms with Gasteiger partial charge in [0, 0.05) is 29.2 Å². The normalized spacial score (nSPS) is 27.9. The lowest BCUT2D eigenvalue weighted by Gasteiger charge is -2.39. The van der Waals surface area contributed by atoms with E-state index >= 15 is 0 Å². The second-order valence-corrected chi connectivity index (χ2v) is 6.45. The van der Waals surface area contributed by atoms with Crippen LogP contribution in [0.5, 0.6) is 5.75 Å². The molecular formula is C16H23ClN2O. The van der Waals surface area contributed by atoms with Crippen LogP contribution >= 0.6 is 11.6 Å². The van der Waals surface area contributed by atoms with E-state index in [2.05, 4.69) is 10.2 Å². The Morgan fingerprint density at radius 1 is 1.25 bits per heavy atom. The van der Waals surface area contributed by atoms with Crippen LogP contribution in [-0.4, -0.2) is 35.2 Å². The fourth-order valence-electron chi connectivity index (χ4n) is 3.61. The largest absolute Gasteiger partial charge is 0.508 e. The van der Waals surface area contributed by atoms with Crippen LogP contribution in [-0.2, 0) is 6.54 Å². The molecule has 2 aliphatic rings. The Hall–Kier alpha value is -0.770. The average Bonchev–Trinajstić information content (AvgIpc) is 2.97. The van der Waals surface area contributed by atoms with Gasteiger partial charge in [-0.15, -0.1) is 0 Å². The molecule has 1 aromatic carbocycles. The predicted molar refractivity (Wildman–Crippen MR) is 82.2 cm³/mol. The van der Waals surface area contributed by atoms with Gasteiger partial charge in [-0.2, -0.15) is 0 Å². The van der Waals surface area contributed by atoms with Crippen LogP contribution in [0.15, 0.2) is 18.2 Å². The standard InChI is InChI=1S/C16H23ClN2O/c17-13-6-7-16(20)12(10-13)11-19-9-2-1-5-15(19)14-4-3-8-18-14/h6-7,10,14-15,18,20H,1-5,8-9,11H2. The van der Waals surface area contributed by atoms with Crippen molar-refractivity contribution in [3.63, 3.8) is 0 Å². The van der Waals surface area contributed by atoms with Crippen molar-refractivity contribution in [2.45, 2.75) is 50.7 Å². The van der Waals surface area contributed by atoms with Crippen molar-refractivity contribution in [1.82, 2.24) is 10.2 Å². The van der Waals surface area contributed by atoms with Crippen LogP contribution in [0.4, 0.5) is 0 Å². The van der Waals surface area contributed by atoms with E-state index in [4.69, 9.17) is 11.6 Å². The molecule has 20 heavy (non-hydrogen) atoms. The van der Waals surface area contributed by atoms with Crippen LogP contribution in [0, 0.1) is 0 Å². The summed E-state index contributed by atoms with van der Waals surface area (Å²) in [6, 6.07) is 6.56. The first-order chi connectivity index (χ1) is 9.74. The smallest absolute Gasteiger partial charge is 0.120 e. The zero-order valence-electron chi connectivity index (χ0n) is 11.8. The Bertz CT molecular complexity index is 460. The summed E-state index contributed by atoms with van der Waals surface area (Å²) in [4.78, 5) is 2.53. The predicted octanol–water partition coefficient (Wildman–Crippen LogP) is 3.15. The van der Waals surface area contributed by atoms with E-state index in [0.29, 0.717) is 22.9 Å². The quantitative estimate of drug-likeness (QED) is 0.899. The number of hydrogen-bond donors (Lipinski definition) is 2. The number of rotatable bonds is 3. The van der Waals surface area contributed by atoms with E-state index in [-0.39, 0.29) is 0 Å². The lowest BCUT2D eigenvalue weighted by Crippen LogP contribution is -2.49. The highest BCUT2D eigenvalue weighted by Crippen LogP contribution is 2.29. The van der Waals surface area contributed by atoms with Gasteiger partial charge in [0.2, 0.25) is 0 Å². The summed E-state index contributed by atoms with van der Waals surface area (Å²) >= 11 is 6.06. The van der Waals surface area contributed by atoms with Gasteiger partial charge in [0.05, 0.1) is 0 Å². The molecule has 0 radical (unpaired) electrons. The molecule has 2 atom stereocenters. The number of phenolic OH excluding ortho intramolecular Hbond substituents is 1. The Labute approximate surface area is 125 Å². The molecule has 2 fully saturated rings. The van der Waals surface area contributed by atoms with Crippen molar-refractivity contribution in [2.75, 3.05) is 13.1 Å². The van der Waals surface area contributed by atoms with Crippen LogP contribution in [0.2, 0.25) is 5.02 Å². The molecule has 0 saturated carbocycles. The van der Waals surface area contributed by atoms with E-state index in [1.807, 2.05) is 6.07 Å². The summed E-state index contributed by atoms with van der Waals surface area (Å²) in [5.41, 5.74) is 0.947. The first-order valence-electron chi connectivity index (χ1n) is 7.69. The van der Waals surface area contributed by atoms with Gasteiger partial charge in [-0.3, -0.25) is 4.90 Å². The molecule has 0 spiro atoms. The summed E-state index contributed by atoms with van der Waals surface area (Å²) in [5, 5.41) is 14.4. The van der Waals surface area contributed by atoms with Gasteiger partial charge >= 0.3 is 0 Å². The Balaban J connectivity index is 1.74. The highest BCUT2D eigenvalue weighted by atomic mass is 35.5. The maximum atomic E-state index is 10.0. The Morgan fingerprint density at radius 3 is 2.95 bits per heavy atom. The highest BCUT2D eigenvalue weighted by Gasteiger charge is 2.31. The molecule has 2 unspecified atom stereocenters. The number of nitrogens with one attached hydrogen (secondary N) is 1. The van der Waals surface area contributed by atoms with Crippen LogP contribution in [0.1, 0.15) is 37.7 Å². The number of nitrogens with zero attached hydrogens (tertiary/aromatic N) is 1. The monoisotopic (exact) mass is 294 g/mol. The molecule has 0 bridgehead atoms. The fourth-order valence-corrected chi connectivity index (χ4v) is 3.80. The van der Waals surface area contributed by atoms with E-state index in [9.17, 15) is 5.11 Å². The summed E-state index contributed by atoms with van der Waals surface area (Å²) < 4.78 is 0. The zero-order valence-corrected chi connectivity index (χ0v) is 12.6. The minimum atomic E-state index is 0.359. The number of halogens is 1. The third kappa shape index (κ3) is 3.11. The summed E-state index contributed by atoms with van der Waals surface area (Å²) in [6.07, 6.45) is 6.41. The second kappa shape index (κ2) is 6.33. The Morgan fingerprint density at radius 2 is 2.15 bits per heavy atom. The molecule has 0 aromatic heterocycles. The second-order valence-electron chi connectivity index (χ2n) is 6.01. The van der Waals surface area contributed by atoms with Crippen LogP contribution in [0.25, 0.3) is 0 Å². The van der Waals surface area contributed by atoms with Gasteiger partial charge in [-0.05, 0) is 57.0 Å². The van der Waals surface area contributed by atoms with Crippen molar-refractivity contribution < 1.29 is 5.11 Å². The SMILES string of the molecule is Oc1ccc(Cl)cc1CN1CCCCC1C1CCCN1. The minimum absolute atomic E-state index is 0.359. The van der Waals surface area contributed by atoms with Gasteiger partial charge in [0.25, 0.3) is 0 Å². The molecule has 2 aliphatic heterocycles. The van der Waals surface area contributed by atoms with Gasteiger partial charge in [-0.1, -0.05) is 18.0 Å². The maximum Gasteiger partial charge on any atom is 0.120 e. The third-order valence-corrected chi connectivity index (χ3v) is 4.88. The van der Waals surface area contributed by atoms with Crippen molar-refractivity contribution >= 4 is 11.6 Å². The number of aromatic hydroxyl groups is 1. The molecule has 2 saturated heterocycles. The van der Waals surface area contributed by atoms with Crippen molar-refractivity contribution in [3.8, 4) is 5.75 Å². The molecule has 1 aromatic rings.